The Hall–Kier alpha value is -1.75. The van der Waals surface area contributed by atoms with E-state index in [2.05, 4.69) is 34.6 Å². The summed E-state index contributed by atoms with van der Waals surface area (Å²) in [4.78, 5) is 14.6. The van der Waals surface area contributed by atoms with Gasteiger partial charge in [-0.15, -0.1) is 0 Å². The van der Waals surface area contributed by atoms with Crippen molar-refractivity contribution in [2.75, 3.05) is 26.2 Å². The van der Waals surface area contributed by atoms with Crippen LogP contribution in [0, 0.1) is 0 Å². The summed E-state index contributed by atoms with van der Waals surface area (Å²) in [6.45, 7) is 9.56. The number of urea groups is 1. The van der Waals surface area contributed by atoms with Crippen molar-refractivity contribution >= 4 is 6.03 Å². The van der Waals surface area contributed by atoms with Crippen LogP contribution in [0.4, 0.5) is 4.79 Å². The molecule has 0 aromatic heterocycles. The Kier molecular flexibility index (Phi) is 8.06. The summed E-state index contributed by atoms with van der Waals surface area (Å²) in [7, 11) is 0. The summed E-state index contributed by atoms with van der Waals surface area (Å²) < 4.78 is 5.55. The normalized spacial score (nSPS) is 17.6. The second-order valence-corrected chi connectivity index (χ2v) is 6.78. The first-order chi connectivity index (χ1) is 12.1. The SMILES string of the molecule is CCOc1ccc(C(CNC(=O)NC(C)CC)N2CCCCC2)cc1. The van der Waals surface area contributed by atoms with Crippen molar-refractivity contribution in [3.8, 4) is 5.75 Å². The van der Waals surface area contributed by atoms with Gasteiger partial charge in [0, 0.05) is 12.6 Å². The molecule has 0 aliphatic carbocycles. The van der Waals surface area contributed by atoms with Crippen LogP contribution in [0.5, 0.6) is 5.75 Å². The molecule has 5 nitrogen and oxygen atoms in total. The lowest BCUT2D eigenvalue weighted by molar-refractivity contribution is 0.160. The average molecular weight is 348 g/mol. The lowest BCUT2D eigenvalue weighted by Crippen LogP contribution is -2.45. The van der Waals surface area contributed by atoms with Gasteiger partial charge in [-0.3, -0.25) is 4.90 Å². The van der Waals surface area contributed by atoms with Gasteiger partial charge in [0.2, 0.25) is 0 Å². The van der Waals surface area contributed by atoms with E-state index in [4.69, 9.17) is 4.74 Å². The first kappa shape index (κ1) is 19.6. The molecule has 1 aromatic carbocycles. The molecule has 2 unspecified atom stereocenters. The van der Waals surface area contributed by atoms with E-state index < -0.39 is 0 Å². The topological polar surface area (TPSA) is 53.6 Å². The predicted octanol–water partition coefficient (Wildman–Crippen LogP) is 3.71. The molecular weight excluding hydrogens is 314 g/mol. The van der Waals surface area contributed by atoms with Gasteiger partial charge < -0.3 is 15.4 Å². The highest BCUT2D eigenvalue weighted by Crippen LogP contribution is 2.26. The standard InChI is InChI=1S/C20H33N3O2/c1-4-16(3)22-20(24)21-15-19(23-13-7-6-8-14-23)17-9-11-18(12-10-17)25-5-2/h9-12,16,19H,4-8,13-15H2,1-3H3,(H2,21,22,24). The van der Waals surface area contributed by atoms with Crippen LogP contribution in [0.1, 0.15) is 58.1 Å². The summed E-state index contributed by atoms with van der Waals surface area (Å²) >= 11 is 0. The summed E-state index contributed by atoms with van der Waals surface area (Å²) in [6, 6.07) is 8.61. The second-order valence-electron chi connectivity index (χ2n) is 6.78. The number of amides is 2. The predicted molar refractivity (Wildman–Crippen MR) is 102 cm³/mol. The van der Waals surface area contributed by atoms with Crippen LogP contribution in [-0.4, -0.2) is 43.2 Å². The van der Waals surface area contributed by atoms with Crippen molar-refractivity contribution in [3.63, 3.8) is 0 Å². The summed E-state index contributed by atoms with van der Waals surface area (Å²) in [5.41, 5.74) is 1.23. The zero-order valence-electron chi connectivity index (χ0n) is 15.9. The second kappa shape index (κ2) is 10.3. The summed E-state index contributed by atoms with van der Waals surface area (Å²) in [6.07, 6.45) is 4.69. The first-order valence-corrected chi connectivity index (χ1v) is 9.65. The molecule has 0 saturated carbocycles. The van der Waals surface area contributed by atoms with Gasteiger partial charge in [0.15, 0.2) is 0 Å². The molecule has 0 spiro atoms. The number of benzene rings is 1. The van der Waals surface area contributed by atoms with E-state index >= 15 is 0 Å². The number of rotatable bonds is 8. The molecule has 2 rings (SSSR count). The molecule has 1 aliphatic rings. The number of hydrogen-bond acceptors (Lipinski definition) is 3. The molecule has 2 N–H and O–H groups in total. The van der Waals surface area contributed by atoms with Crippen molar-refractivity contribution < 1.29 is 9.53 Å². The lowest BCUT2D eigenvalue weighted by atomic mass is 10.0. The fraction of sp³-hybridized carbons (Fsp3) is 0.650. The minimum atomic E-state index is -0.0812. The van der Waals surface area contributed by atoms with Crippen LogP contribution >= 0.6 is 0 Å². The number of likely N-dealkylation sites (tertiary alicyclic amines) is 1. The fourth-order valence-electron chi connectivity index (χ4n) is 3.21. The number of carbonyl (C=O) groups is 1. The maximum absolute atomic E-state index is 12.1. The van der Waals surface area contributed by atoms with Gasteiger partial charge in [0.05, 0.1) is 12.6 Å². The first-order valence-electron chi connectivity index (χ1n) is 9.65. The number of piperidine rings is 1. The molecule has 1 fully saturated rings. The average Bonchev–Trinajstić information content (AvgIpc) is 2.64. The van der Waals surface area contributed by atoms with Crippen LogP contribution in [0.25, 0.3) is 0 Å². The highest BCUT2D eigenvalue weighted by Gasteiger charge is 2.23. The van der Waals surface area contributed by atoms with Gasteiger partial charge in [-0.1, -0.05) is 25.5 Å². The molecule has 140 valence electrons. The fourth-order valence-corrected chi connectivity index (χ4v) is 3.21. The third-order valence-electron chi connectivity index (χ3n) is 4.85. The quantitative estimate of drug-likeness (QED) is 0.754. The van der Waals surface area contributed by atoms with E-state index in [0.717, 1.165) is 25.3 Å². The molecule has 1 aliphatic heterocycles. The van der Waals surface area contributed by atoms with Crippen LogP contribution in [0.3, 0.4) is 0 Å². The minimum Gasteiger partial charge on any atom is -0.494 e. The smallest absolute Gasteiger partial charge is 0.315 e. The molecule has 2 atom stereocenters. The van der Waals surface area contributed by atoms with Crippen molar-refractivity contribution in [2.45, 2.75) is 58.5 Å². The third-order valence-corrected chi connectivity index (χ3v) is 4.85. The highest BCUT2D eigenvalue weighted by molar-refractivity contribution is 5.74. The Morgan fingerprint density at radius 2 is 1.84 bits per heavy atom. The minimum absolute atomic E-state index is 0.0812. The van der Waals surface area contributed by atoms with Crippen molar-refractivity contribution in [1.82, 2.24) is 15.5 Å². The van der Waals surface area contributed by atoms with Crippen molar-refractivity contribution in [2.24, 2.45) is 0 Å². The molecule has 0 radical (unpaired) electrons. The van der Waals surface area contributed by atoms with Crippen LogP contribution in [0.2, 0.25) is 0 Å². The summed E-state index contributed by atoms with van der Waals surface area (Å²) in [5, 5.41) is 6.04. The molecular formula is C20H33N3O2. The van der Waals surface area contributed by atoms with Crippen molar-refractivity contribution in [3.05, 3.63) is 29.8 Å². The van der Waals surface area contributed by atoms with Gasteiger partial charge in [0.1, 0.15) is 5.75 Å². The van der Waals surface area contributed by atoms with E-state index in [1.165, 1.54) is 24.8 Å². The van der Waals surface area contributed by atoms with Crippen LogP contribution < -0.4 is 15.4 Å². The zero-order chi connectivity index (χ0) is 18.1. The van der Waals surface area contributed by atoms with Crippen molar-refractivity contribution in [1.29, 1.82) is 0 Å². The third kappa shape index (κ3) is 6.24. The monoisotopic (exact) mass is 347 g/mol. The van der Waals surface area contributed by atoms with Gasteiger partial charge in [0.25, 0.3) is 0 Å². The number of ether oxygens (including phenoxy) is 1. The Bertz CT molecular complexity index is 512. The maximum Gasteiger partial charge on any atom is 0.315 e. The number of carbonyl (C=O) groups excluding carboxylic acids is 1. The van der Waals surface area contributed by atoms with Gasteiger partial charge in [-0.25, -0.2) is 4.79 Å². The Morgan fingerprint density at radius 1 is 1.16 bits per heavy atom. The van der Waals surface area contributed by atoms with Gasteiger partial charge in [-0.2, -0.15) is 0 Å². The molecule has 25 heavy (non-hydrogen) atoms. The Labute approximate surface area is 152 Å². The molecule has 2 amide bonds. The number of hydrogen-bond donors (Lipinski definition) is 2. The van der Waals surface area contributed by atoms with E-state index in [-0.39, 0.29) is 18.1 Å². The zero-order valence-corrected chi connectivity index (χ0v) is 15.9. The molecule has 1 aromatic rings. The number of nitrogens with one attached hydrogen (secondary N) is 2. The Balaban J connectivity index is 2.03. The molecule has 1 heterocycles. The molecule has 0 bridgehead atoms. The van der Waals surface area contributed by atoms with Crippen LogP contribution in [-0.2, 0) is 0 Å². The van der Waals surface area contributed by atoms with Gasteiger partial charge in [-0.05, 0) is 63.9 Å². The Morgan fingerprint density at radius 3 is 2.44 bits per heavy atom. The maximum atomic E-state index is 12.1. The summed E-state index contributed by atoms with van der Waals surface area (Å²) in [5.74, 6) is 0.895. The van der Waals surface area contributed by atoms with E-state index in [0.29, 0.717) is 13.2 Å². The van der Waals surface area contributed by atoms with Crippen LogP contribution in [0.15, 0.2) is 24.3 Å². The van der Waals surface area contributed by atoms with Gasteiger partial charge >= 0.3 is 6.03 Å². The molecule has 5 heteroatoms. The lowest BCUT2D eigenvalue weighted by Gasteiger charge is -2.35. The van der Waals surface area contributed by atoms with E-state index in [1.54, 1.807) is 0 Å². The largest absolute Gasteiger partial charge is 0.494 e. The number of nitrogens with zero attached hydrogens (tertiary/aromatic N) is 1. The van der Waals surface area contributed by atoms with E-state index in [1.807, 2.05) is 26.0 Å². The van der Waals surface area contributed by atoms with E-state index in [9.17, 15) is 4.79 Å². The highest BCUT2D eigenvalue weighted by atomic mass is 16.5. The molecule has 1 saturated heterocycles.